The average molecular weight is 113 g/mol. The summed E-state index contributed by atoms with van der Waals surface area (Å²) in [7, 11) is 0. The number of ketones is 1. The van der Waals surface area contributed by atoms with Crippen LogP contribution in [0.4, 0.5) is 0 Å². The molecular weight excluding hydrogens is 102 g/mol. The first kappa shape index (κ1) is 7.34. The lowest BCUT2D eigenvalue weighted by Crippen LogP contribution is -2.00. The molecule has 46 valence electrons. The molecule has 0 bridgehead atoms. The highest BCUT2D eigenvalue weighted by molar-refractivity contribution is 5.99. The molecular formula is C6H11NO. The average Bonchev–Trinajstić information content (AvgIpc) is 1.65. The van der Waals surface area contributed by atoms with Crippen molar-refractivity contribution in [2.45, 2.75) is 26.7 Å². The van der Waals surface area contributed by atoms with Gasteiger partial charge in [0.1, 0.15) is 5.78 Å². The van der Waals surface area contributed by atoms with Crippen molar-refractivity contribution in [3.63, 3.8) is 0 Å². The van der Waals surface area contributed by atoms with Crippen LogP contribution in [0, 0.1) is 5.41 Å². The van der Waals surface area contributed by atoms with Gasteiger partial charge in [0, 0.05) is 18.6 Å². The zero-order valence-electron chi connectivity index (χ0n) is 5.32. The van der Waals surface area contributed by atoms with Crippen LogP contribution in [0.3, 0.4) is 0 Å². The van der Waals surface area contributed by atoms with E-state index in [0.717, 1.165) is 0 Å². The van der Waals surface area contributed by atoms with E-state index < -0.39 is 0 Å². The second-order valence-electron chi connectivity index (χ2n) is 1.85. The monoisotopic (exact) mass is 113 g/mol. The number of nitrogens with one attached hydrogen (secondary N) is 1. The first-order valence-corrected chi connectivity index (χ1v) is 2.72. The molecule has 2 heteroatoms. The highest BCUT2D eigenvalue weighted by Crippen LogP contribution is 1.88. The third kappa shape index (κ3) is 3.53. The summed E-state index contributed by atoms with van der Waals surface area (Å²) in [6.45, 7) is 3.46. The molecule has 0 fully saturated rings. The minimum atomic E-state index is 0.150. The zero-order valence-corrected chi connectivity index (χ0v) is 5.32. The molecule has 0 radical (unpaired) electrons. The fourth-order valence-corrected chi connectivity index (χ4v) is 0.421. The molecule has 8 heavy (non-hydrogen) atoms. The highest BCUT2D eigenvalue weighted by atomic mass is 16.1. The van der Waals surface area contributed by atoms with E-state index in [0.29, 0.717) is 18.6 Å². The van der Waals surface area contributed by atoms with Crippen molar-refractivity contribution in [1.29, 1.82) is 5.41 Å². The summed E-state index contributed by atoms with van der Waals surface area (Å²) in [6, 6.07) is 0. The molecule has 0 aliphatic heterocycles. The summed E-state index contributed by atoms with van der Waals surface area (Å²) in [4.78, 5) is 10.5. The molecule has 0 aromatic heterocycles. The minimum Gasteiger partial charge on any atom is -0.310 e. The van der Waals surface area contributed by atoms with Crippen LogP contribution in [0.2, 0.25) is 0 Å². The molecule has 0 saturated heterocycles. The van der Waals surface area contributed by atoms with Crippen molar-refractivity contribution in [2.75, 3.05) is 0 Å². The molecule has 2 nitrogen and oxygen atoms in total. The maximum absolute atomic E-state index is 10.5. The van der Waals surface area contributed by atoms with Crippen molar-refractivity contribution in [1.82, 2.24) is 0 Å². The number of carbonyl (C=O) groups excluding carboxylic acids is 1. The van der Waals surface area contributed by atoms with Gasteiger partial charge in [-0.05, 0) is 6.92 Å². The van der Waals surface area contributed by atoms with Crippen LogP contribution in [0.1, 0.15) is 26.7 Å². The van der Waals surface area contributed by atoms with Gasteiger partial charge in [0.25, 0.3) is 0 Å². The van der Waals surface area contributed by atoms with Gasteiger partial charge in [-0.1, -0.05) is 6.92 Å². The van der Waals surface area contributed by atoms with E-state index in [1.54, 1.807) is 6.92 Å². The van der Waals surface area contributed by atoms with Crippen molar-refractivity contribution < 1.29 is 4.79 Å². The molecule has 0 aromatic carbocycles. The van der Waals surface area contributed by atoms with E-state index in [-0.39, 0.29) is 5.78 Å². The normalized spacial score (nSPS) is 8.75. The van der Waals surface area contributed by atoms with Crippen LogP contribution in [0.25, 0.3) is 0 Å². The van der Waals surface area contributed by atoms with Gasteiger partial charge in [-0.3, -0.25) is 4.79 Å². The number of hydrogen-bond acceptors (Lipinski definition) is 2. The molecule has 0 amide bonds. The van der Waals surface area contributed by atoms with Crippen molar-refractivity contribution in [2.24, 2.45) is 0 Å². The lowest BCUT2D eigenvalue weighted by atomic mass is 10.2. The topological polar surface area (TPSA) is 40.9 Å². The Kier molecular flexibility index (Phi) is 3.08. The molecule has 0 aliphatic carbocycles. The van der Waals surface area contributed by atoms with Gasteiger partial charge in [-0.25, -0.2) is 0 Å². The van der Waals surface area contributed by atoms with E-state index in [9.17, 15) is 4.79 Å². The predicted molar refractivity (Wildman–Crippen MR) is 33.3 cm³/mol. The number of hydrogen-bond donors (Lipinski definition) is 1. The van der Waals surface area contributed by atoms with E-state index >= 15 is 0 Å². The Morgan fingerprint density at radius 1 is 1.62 bits per heavy atom. The number of Topliss-reactive ketones (excluding diaryl/α,β-unsaturated/α-hetero) is 1. The predicted octanol–water partition coefficient (Wildman–Crippen LogP) is 1.40. The molecule has 1 N–H and O–H groups in total. The summed E-state index contributed by atoms with van der Waals surface area (Å²) in [5.41, 5.74) is 0.455. The Balaban J connectivity index is 3.40. The SMILES string of the molecule is CCC(=O)CC(C)=N. The van der Waals surface area contributed by atoms with Gasteiger partial charge in [0.15, 0.2) is 0 Å². The molecule has 0 atom stereocenters. The highest BCUT2D eigenvalue weighted by Gasteiger charge is 1.96. The minimum absolute atomic E-state index is 0.150. The molecule has 0 aliphatic rings. The second-order valence-corrected chi connectivity index (χ2v) is 1.85. The Bertz CT molecular complexity index is 107. The van der Waals surface area contributed by atoms with Gasteiger partial charge in [0.2, 0.25) is 0 Å². The molecule has 0 saturated carbocycles. The van der Waals surface area contributed by atoms with Crippen molar-refractivity contribution in [3.05, 3.63) is 0 Å². The fraction of sp³-hybridized carbons (Fsp3) is 0.667. The van der Waals surface area contributed by atoms with Crippen LogP contribution in [0.15, 0.2) is 0 Å². The summed E-state index contributed by atoms with van der Waals surface area (Å²) in [5, 5.41) is 6.91. The third-order valence-corrected chi connectivity index (χ3v) is 0.857. The molecule has 0 heterocycles. The Morgan fingerprint density at radius 2 is 2.12 bits per heavy atom. The van der Waals surface area contributed by atoms with E-state index in [1.807, 2.05) is 6.92 Å². The molecule has 0 unspecified atom stereocenters. The van der Waals surface area contributed by atoms with Gasteiger partial charge >= 0.3 is 0 Å². The lowest BCUT2D eigenvalue weighted by molar-refractivity contribution is -0.117. The fourth-order valence-electron chi connectivity index (χ4n) is 0.421. The summed E-state index contributed by atoms with van der Waals surface area (Å²) < 4.78 is 0. The van der Waals surface area contributed by atoms with Gasteiger partial charge in [-0.2, -0.15) is 0 Å². The molecule has 0 spiro atoms. The van der Waals surface area contributed by atoms with E-state index in [1.165, 1.54) is 0 Å². The largest absolute Gasteiger partial charge is 0.310 e. The standard InChI is InChI=1S/C6H11NO/c1-3-6(8)4-5(2)7/h7H,3-4H2,1-2H3. The smallest absolute Gasteiger partial charge is 0.138 e. The third-order valence-electron chi connectivity index (χ3n) is 0.857. The van der Waals surface area contributed by atoms with Crippen LogP contribution < -0.4 is 0 Å². The number of rotatable bonds is 3. The molecule has 0 aromatic rings. The van der Waals surface area contributed by atoms with E-state index in [2.05, 4.69) is 0 Å². The van der Waals surface area contributed by atoms with Gasteiger partial charge < -0.3 is 5.41 Å². The summed E-state index contributed by atoms with van der Waals surface area (Å²) in [5.74, 6) is 0.150. The Labute approximate surface area is 49.4 Å². The van der Waals surface area contributed by atoms with Crippen LogP contribution in [-0.4, -0.2) is 11.5 Å². The maximum Gasteiger partial charge on any atom is 0.138 e. The Hall–Kier alpha value is -0.660. The van der Waals surface area contributed by atoms with Crippen molar-refractivity contribution >= 4 is 11.5 Å². The summed E-state index contributed by atoms with van der Waals surface area (Å²) >= 11 is 0. The summed E-state index contributed by atoms with van der Waals surface area (Å²) in [6.07, 6.45) is 0.882. The van der Waals surface area contributed by atoms with Crippen LogP contribution >= 0.6 is 0 Å². The maximum atomic E-state index is 10.5. The van der Waals surface area contributed by atoms with Gasteiger partial charge in [-0.15, -0.1) is 0 Å². The number of carbonyl (C=O) groups is 1. The van der Waals surface area contributed by atoms with Crippen LogP contribution in [-0.2, 0) is 4.79 Å². The van der Waals surface area contributed by atoms with Gasteiger partial charge in [0.05, 0.1) is 0 Å². The molecule has 0 rings (SSSR count). The Morgan fingerprint density at radius 3 is 2.25 bits per heavy atom. The van der Waals surface area contributed by atoms with Crippen LogP contribution in [0.5, 0.6) is 0 Å². The van der Waals surface area contributed by atoms with E-state index in [4.69, 9.17) is 5.41 Å². The van der Waals surface area contributed by atoms with Crippen molar-refractivity contribution in [3.8, 4) is 0 Å². The zero-order chi connectivity index (χ0) is 6.57. The first-order chi connectivity index (χ1) is 3.66. The quantitative estimate of drug-likeness (QED) is 0.552. The second kappa shape index (κ2) is 3.36. The lowest BCUT2D eigenvalue weighted by Gasteiger charge is -1.90. The first-order valence-electron chi connectivity index (χ1n) is 2.72.